The van der Waals surface area contributed by atoms with Crippen LogP contribution in [0.2, 0.25) is 0 Å². The van der Waals surface area contributed by atoms with Gasteiger partial charge in [0.2, 0.25) is 0 Å². The van der Waals surface area contributed by atoms with E-state index in [-0.39, 0.29) is 5.56 Å². The van der Waals surface area contributed by atoms with Crippen LogP contribution in [0.25, 0.3) is 10.9 Å². The van der Waals surface area contributed by atoms with Crippen molar-refractivity contribution in [2.45, 2.75) is 19.5 Å². The van der Waals surface area contributed by atoms with Crippen molar-refractivity contribution in [1.29, 1.82) is 0 Å². The zero-order valence-corrected chi connectivity index (χ0v) is 14.3. The average Bonchev–Trinajstić information content (AvgIpc) is 2.98. The second-order valence-electron chi connectivity index (χ2n) is 5.81. The van der Waals surface area contributed by atoms with Crippen molar-refractivity contribution in [2.24, 2.45) is 0 Å². The summed E-state index contributed by atoms with van der Waals surface area (Å²) in [7, 11) is 3.55. The highest BCUT2D eigenvalue weighted by Gasteiger charge is 2.18. The highest BCUT2D eigenvalue weighted by molar-refractivity contribution is 7.80. The molecule has 0 amide bonds. The molecular weight excluding hydrogens is 310 g/mol. The quantitative estimate of drug-likeness (QED) is 0.665. The van der Waals surface area contributed by atoms with Crippen molar-refractivity contribution in [3.8, 4) is 0 Å². The maximum Gasteiger partial charge on any atom is 0.256 e. The lowest BCUT2D eigenvalue weighted by Gasteiger charge is -2.21. The van der Waals surface area contributed by atoms with Crippen molar-refractivity contribution >= 4 is 28.2 Å². The number of benzene rings is 1. The number of thiocarbonyl (C=S) groups is 1. The zero-order valence-electron chi connectivity index (χ0n) is 13.5. The number of hydrogen-bond acceptors (Lipinski definition) is 3. The molecular formula is C17H21N3O2S. The van der Waals surface area contributed by atoms with Gasteiger partial charge in [-0.2, -0.15) is 0 Å². The summed E-state index contributed by atoms with van der Waals surface area (Å²) in [5.41, 5.74) is 3.21. The minimum atomic E-state index is 0.0917. The topological polar surface area (TPSA) is 46.5 Å². The lowest BCUT2D eigenvalue weighted by molar-refractivity contribution is 0.203. The Bertz CT molecular complexity index is 800. The lowest BCUT2D eigenvalue weighted by Crippen LogP contribution is -2.39. The van der Waals surface area contributed by atoms with E-state index in [2.05, 4.69) is 23.5 Å². The number of pyridine rings is 1. The molecule has 0 atom stereocenters. The normalized spacial score (nSPS) is 12.6. The Kier molecular flexibility index (Phi) is 4.63. The van der Waals surface area contributed by atoms with Crippen LogP contribution in [-0.4, -0.2) is 41.9 Å². The molecule has 23 heavy (non-hydrogen) atoms. The van der Waals surface area contributed by atoms with Gasteiger partial charge in [-0.3, -0.25) is 4.79 Å². The summed E-state index contributed by atoms with van der Waals surface area (Å²) in [6.45, 7) is 2.52. The van der Waals surface area contributed by atoms with Gasteiger partial charge in [0.05, 0.1) is 18.7 Å². The second kappa shape index (κ2) is 6.68. The Labute approximate surface area is 140 Å². The van der Waals surface area contributed by atoms with E-state index in [0.29, 0.717) is 24.8 Å². The van der Waals surface area contributed by atoms with Gasteiger partial charge in [0, 0.05) is 32.8 Å². The van der Waals surface area contributed by atoms with Crippen molar-refractivity contribution < 1.29 is 4.74 Å². The van der Waals surface area contributed by atoms with Crippen LogP contribution in [0, 0.1) is 0 Å². The van der Waals surface area contributed by atoms with Crippen LogP contribution in [0.15, 0.2) is 29.1 Å². The first-order valence-electron chi connectivity index (χ1n) is 7.74. The molecule has 1 N–H and O–H groups in total. The first kappa shape index (κ1) is 16.0. The number of ether oxygens (including phenoxy) is 1. The van der Waals surface area contributed by atoms with Gasteiger partial charge >= 0.3 is 0 Å². The Balaban J connectivity index is 1.83. The Morgan fingerprint density at radius 3 is 3.09 bits per heavy atom. The van der Waals surface area contributed by atoms with E-state index < -0.39 is 0 Å². The molecule has 5 nitrogen and oxygen atoms in total. The molecule has 0 saturated heterocycles. The number of aryl methyl sites for hydroxylation is 2. The molecule has 1 aromatic heterocycles. The van der Waals surface area contributed by atoms with E-state index >= 15 is 0 Å². The lowest BCUT2D eigenvalue weighted by atomic mass is 10.1. The van der Waals surface area contributed by atoms with Crippen molar-refractivity contribution in [1.82, 2.24) is 14.8 Å². The minimum Gasteiger partial charge on any atom is -0.383 e. The molecule has 0 fully saturated rings. The molecule has 1 aliphatic rings. The summed E-state index contributed by atoms with van der Waals surface area (Å²) in [5, 5.41) is 4.87. The van der Waals surface area contributed by atoms with E-state index in [4.69, 9.17) is 17.0 Å². The molecule has 1 aromatic carbocycles. The average molecular weight is 331 g/mol. The Morgan fingerprint density at radius 2 is 2.30 bits per heavy atom. The van der Waals surface area contributed by atoms with Crippen LogP contribution in [-0.2, 0) is 24.2 Å². The molecule has 1 aliphatic heterocycles. The zero-order chi connectivity index (χ0) is 16.4. The summed E-state index contributed by atoms with van der Waals surface area (Å²) in [6, 6.07) is 8.23. The molecule has 2 heterocycles. The van der Waals surface area contributed by atoms with Gasteiger partial charge in [0.1, 0.15) is 0 Å². The predicted octanol–water partition coefficient (Wildman–Crippen LogP) is 1.51. The highest BCUT2D eigenvalue weighted by atomic mass is 32.1. The van der Waals surface area contributed by atoms with E-state index in [0.717, 1.165) is 29.4 Å². The van der Waals surface area contributed by atoms with Crippen molar-refractivity contribution in [3.63, 3.8) is 0 Å². The molecule has 0 spiro atoms. The maximum absolute atomic E-state index is 12.7. The first-order chi connectivity index (χ1) is 11.1. The third-order valence-corrected chi connectivity index (χ3v) is 4.67. The number of hydrogen-bond donors (Lipinski definition) is 1. The summed E-state index contributed by atoms with van der Waals surface area (Å²) in [4.78, 5) is 14.6. The molecule has 0 unspecified atom stereocenters. The molecule has 3 rings (SSSR count). The van der Waals surface area contributed by atoms with Crippen LogP contribution in [0.5, 0.6) is 0 Å². The smallest absolute Gasteiger partial charge is 0.256 e. The fourth-order valence-corrected chi connectivity index (χ4v) is 3.23. The number of nitrogens with zero attached hydrogens (tertiary/aromatic N) is 2. The molecule has 0 aliphatic carbocycles. The molecule has 0 saturated carbocycles. The van der Waals surface area contributed by atoms with Gasteiger partial charge in [-0.15, -0.1) is 0 Å². The van der Waals surface area contributed by atoms with Crippen LogP contribution in [0.1, 0.15) is 11.1 Å². The molecule has 6 heteroatoms. The van der Waals surface area contributed by atoms with E-state index in [1.54, 1.807) is 7.11 Å². The van der Waals surface area contributed by atoms with Crippen LogP contribution in [0.4, 0.5) is 0 Å². The van der Waals surface area contributed by atoms with Crippen LogP contribution >= 0.6 is 12.2 Å². The molecule has 2 aromatic rings. The fourth-order valence-electron chi connectivity index (χ4n) is 3.06. The predicted molar refractivity (Wildman–Crippen MR) is 95.9 cm³/mol. The number of rotatable bonds is 5. The number of para-hydroxylation sites is 1. The van der Waals surface area contributed by atoms with Gasteiger partial charge in [0.15, 0.2) is 5.11 Å². The maximum atomic E-state index is 12.7. The van der Waals surface area contributed by atoms with E-state index in [1.807, 2.05) is 22.6 Å². The van der Waals surface area contributed by atoms with E-state index in [9.17, 15) is 4.79 Å². The van der Waals surface area contributed by atoms with Gasteiger partial charge in [-0.1, -0.05) is 18.2 Å². The summed E-state index contributed by atoms with van der Waals surface area (Å²) in [6.07, 6.45) is 0.933. The SMILES string of the molecule is COCCNC(=S)N(C)Cc1cc2cccc3c2n(c1=O)CC3. The monoisotopic (exact) mass is 331 g/mol. The molecule has 0 bridgehead atoms. The Morgan fingerprint density at radius 1 is 1.48 bits per heavy atom. The van der Waals surface area contributed by atoms with Crippen molar-refractivity contribution in [2.75, 3.05) is 27.3 Å². The fraction of sp³-hybridized carbons (Fsp3) is 0.412. The van der Waals surface area contributed by atoms with Crippen LogP contribution < -0.4 is 10.9 Å². The highest BCUT2D eigenvalue weighted by Crippen LogP contribution is 2.24. The van der Waals surface area contributed by atoms with E-state index in [1.165, 1.54) is 5.56 Å². The molecule has 0 radical (unpaired) electrons. The number of aromatic nitrogens is 1. The van der Waals surface area contributed by atoms with Gasteiger partial charge < -0.3 is 19.5 Å². The first-order valence-corrected chi connectivity index (χ1v) is 8.15. The summed E-state index contributed by atoms with van der Waals surface area (Å²) in [5.74, 6) is 0. The van der Waals surface area contributed by atoms with Crippen molar-refractivity contribution in [3.05, 3.63) is 45.7 Å². The third kappa shape index (κ3) is 3.09. The Hall–Kier alpha value is -1.92. The second-order valence-corrected chi connectivity index (χ2v) is 6.20. The number of nitrogens with one attached hydrogen (secondary N) is 1. The third-order valence-electron chi connectivity index (χ3n) is 4.21. The van der Waals surface area contributed by atoms with Gasteiger partial charge in [-0.25, -0.2) is 0 Å². The number of methoxy groups -OCH3 is 1. The van der Waals surface area contributed by atoms with Gasteiger partial charge in [-0.05, 0) is 35.7 Å². The summed E-state index contributed by atoms with van der Waals surface area (Å²) < 4.78 is 6.90. The largest absolute Gasteiger partial charge is 0.383 e. The molecule has 122 valence electrons. The van der Waals surface area contributed by atoms with Crippen LogP contribution in [0.3, 0.4) is 0 Å². The van der Waals surface area contributed by atoms with Gasteiger partial charge in [0.25, 0.3) is 5.56 Å². The summed E-state index contributed by atoms with van der Waals surface area (Å²) >= 11 is 5.35. The standard InChI is InChI=1S/C17H21N3O2S/c1-19(17(23)18-7-9-22-2)11-14-10-13-5-3-4-12-6-8-20(15(12)13)16(14)21/h3-5,10H,6-9,11H2,1-2H3,(H,18,23). The minimum absolute atomic E-state index is 0.0917.